The summed E-state index contributed by atoms with van der Waals surface area (Å²) in [5.41, 5.74) is 5.91. The first-order valence-corrected chi connectivity index (χ1v) is 4.44. The molecule has 0 radical (unpaired) electrons. The number of allylic oxidation sites excluding steroid dienone is 2. The Kier molecular flexibility index (Phi) is 3.36. The molecule has 0 aromatic heterocycles. The molecule has 2 N–H and O–H groups in total. The third-order valence-corrected chi connectivity index (χ3v) is 2.46. The molecule has 0 bridgehead atoms. The number of ether oxygens (including phenoxy) is 1. The van der Waals surface area contributed by atoms with Crippen molar-refractivity contribution in [3.8, 4) is 0 Å². The number of hydrogen-bond donors (Lipinski definition) is 1. The first kappa shape index (κ1) is 10.6. The first-order valence-electron chi connectivity index (χ1n) is 3.63. The van der Waals surface area contributed by atoms with E-state index in [0.717, 1.165) is 0 Å². The van der Waals surface area contributed by atoms with Gasteiger partial charge in [0.2, 0.25) is 0 Å². The van der Waals surface area contributed by atoms with Crippen LogP contribution >= 0.6 is 23.2 Å². The van der Waals surface area contributed by atoms with Crippen LogP contribution in [0.4, 0.5) is 0 Å². The minimum absolute atomic E-state index is 0.296. The molecule has 0 saturated heterocycles. The van der Waals surface area contributed by atoms with Crippen molar-refractivity contribution in [2.75, 3.05) is 7.11 Å². The van der Waals surface area contributed by atoms with Gasteiger partial charge >= 0.3 is 5.97 Å². The average molecular weight is 222 g/mol. The average Bonchev–Trinajstić information content (AvgIpc) is 2.10. The van der Waals surface area contributed by atoms with Crippen LogP contribution in [0.15, 0.2) is 22.8 Å². The van der Waals surface area contributed by atoms with Gasteiger partial charge in [-0.3, -0.25) is 0 Å². The number of esters is 1. The van der Waals surface area contributed by atoms with Crippen molar-refractivity contribution in [1.29, 1.82) is 0 Å². The van der Waals surface area contributed by atoms with Gasteiger partial charge in [-0.25, -0.2) is 4.79 Å². The summed E-state index contributed by atoms with van der Waals surface area (Å²) in [6.07, 6.45) is 3.06. The van der Waals surface area contributed by atoms with E-state index >= 15 is 0 Å². The van der Waals surface area contributed by atoms with Crippen molar-refractivity contribution < 1.29 is 9.53 Å². The molecule has 13 heavy (non-hydrogen) atoms. The van der Waals surface area contributed by atoms with Gasteiger partial charge < -0.3 is 10.5 Å². The second-order valence-corrected chi connectivity index (χ2v) is 3.53. The van der Waals surface area contributed by atoms with E-state index in [0.29, 0.717) is 10.6 Å². The van der Waals surface area contributed by atoms with Gasteiger partial charge in [-0.15, -0.1) is 11.6 Å². The summed E-state index contributed by atoms with van der Waals surface area (Å²) < 4.78 is 4.52. The molecule has 72 valence electrons. The molecule has 3 nitrogen and oxygen atoms in total. The maximum Gasteiger partial charge on any atom is 0.335 e. The molecule has 0 saturated carbocycles. The predicted octanol–water partition coefficient (Wildman–Crippen LogP) is 1.16. The van der Waals surface area contributed by atoms with E-state index in [-0.39, 0.29) is 0 Å². The van der Waals surface area contributed by atoms with Crippen LogP contribution in [0.5, 0.6) is 0 Å². The van der Waals surface area contributed by atoms with Crippen LogP contribution < -0.4 is 5.73 Å². The van der Waals surface area contributed by atoms with Gasteiger partial charge in [-0.1, -0.05) is 11.6 Å². The summed E-state index contributed by atoms with van der Waals surface area (Å²) in [6, 6.07) is -0.451. The van der Waals surface area contributed by atoms with Crippen molar-refractivity contribution in [2.24, 2.45) is 5.73 Å². The van der Waals surface area contributed by atoms with E-state index in [1.807, 2.05) is 0 Å². The second-order valence-electron chi connectivity index (χ2n) is 2.62. The lowest BCUT2D eigenvalue weighted by Gasteiger charge is -2.20. The molecule has 1 aliphatic carbocycles. The Balaban J connectivity index is 2.95. The van der Waals surface area contributed by atoms with Crippen LogP contribution in [-0.4, -0.2) is 24.5 Å². The van der Waals surface area contributed by atoms with Crippen molar-refractivity contribution in [3.05, 3.63) is 22.8 Å². The minimum atomic E-state index is -0.574. The standard InChI is InChI=1S/C8H9Cl2NO2/c1-13-8(12)5-2-4(9)3-6(11)7(5)10/h2-3,6-7H,11H2,1H3. The zero-order valence-corrected chi connectivity index (χ0v) is 8.47. The van der Waals surface area contributed by atoms with Crippen LogP contribution in [0.25, 0.3) is 0 Å². The van der Waals surface area contributed by atoms with Gasteiger partial charge in [0.05, 0.1) is 18.1 Å². The molecule has 0 aromatic carbocycles. The lowest BCUT2D eigenvalue weighted by Crippen LogP contribution is -2.35. The number of rotatable bonds is 1. The third kappa shape index (κ3) is 2.24. The van der Waals surface area contributed by atoms with Crippen LogP contribution in [0, 0.1) is 0 Å². The van der Waals surface area contributed by atoms with E-state index in [9.17, 15) is 4.79 Å². The molecule has 0 aliphatic heterocycles. The molecule has 0 heterocycles. The second kappa shape index (κ2) is 4.13. The number of carbonyl (C=O) groups is 1. The monoisotopic (exact) mass is 221 g/mol. The molecule has 0 fully saturated rings. The molecule has 1 rings (SSSR count). The highest BCUT2D eigenvalue weighted by Crippen LogP contribution is 2.24. The smallest absolute Gasteiger partial charge is 0.335 e. The predicted molar refractivity (Wildman–Crippen MR) is 51.7 cm³/mol. The Morgan fingerprint density at radius 3 is 2.85 bits per heavy atom. The zero-order valence-electron chi connectivity index (χ0n) is 6.96. The van der Waals surface area contributed by atoms with Crippen LogP contribution in [0.1, 0.15) is 0 Å². The molecule has 5 heteroatoms. The van der Waals surface area contributed by atoms with E-state index in [1.54, 1.807) is 6.08 Å². The van der Waals surface area contributed by atoms with Crippen LogP contribution in [0.3, 0.4) is 0 Å². The van der Waals surface area contributed by atoms with Crippen LogP contribution in [0.2, 0.25) is 0 Å². The van der Waals surface area contributed by atoms with E-state index in [1.165, 1.54) is 13.2 Å². The highest BCUT2D eigenvalue weighted by atomic mass is 35.5. The maximum atomic E-state index is 11.2. The number of alkyl halides is 1. The summed E-state index contributed by atoms with van der Waals surface area (Å²) in [5.74, 6) is -0.498. The summed E-state index contributed by atoms with van der Waals surface area (Å²) in [5, 5.41) is -0.167. The number of carbonyl (C=O) groups excluding carboxylic acids is 1. The van der Waals surface area contributed by atoms with E-state index in [2.05, 4.69) is 4.74 Å². The van der Waals surface area contributed by atoms with Crippen molar-refractivity contribution >= 4 is 29.2 Å². The summed E-state index contributed by atoms with van der Waals surface area (Å²) in [7, 11) is 1.28. The fourth-order valence-corrected chi connectivity index (χ4v) is 1.53. The Bertz CT molecular complexity index is 286. The largest absolute Gasteiger partial charge is 0.466 e. The normalized spacial score (nSPS) is 27.7. The molecule has 2 atom stereocenters. The highest BCUT2D eigenvalue weighted by Gasteiger charge is 2.27. The molecule has 0 spiro atoms. The highest BCUT2D eigenvalue weighted by molar-refractivity contribution is 6.33. The molecule has 0 amide bonds. The van der Waals surface area contributed by atoms with E-state index < -0.39 is 17.4 Å². The first-order chi connectivity index (χ1) is 6.06. The molecule has 0 aromatic rings. The van der Waals surface area contributed by atoms with Crippen LogP contribution in [-0.2, 0) is 9.53 Å². The lowest BCUT2D eigenvalue weighted by atomic mass is 10.0. The van der Waals surface area contributed by atoms with Crippen molar-refractivity contribution in [1.82, 2.24) is 0 Å². The number of hydrogen-bond acceptors (Lipinski definition) is 3. The van der Waals surface area contributed by atoms with Gasteiger partial charge in [0.1, 0.15) is 0 Å². The van der Waals surface area contributed by atoms with Crippen molar-refractivity contribution in [2.45, 2.75) is 11.4 Å². The molecular weight excluding hydrogens is 213 g/mol. The van der Waals surface area contributed by atoms with Gasteiger partial charge in [-0.2, -0.15) is 0 Å². The van der Waals surface area contributed by atoms with Gasteiger partial charge in [0, 0.05) is 11.1 Å². The number of halogens is 2. The van der Waals surface area contributed by atoms with Gasteiger partial charge in [0.15, 0.2) is 0 Å². The minimum Gasteiger partial charge on any atom is -0.466 e. The maximum absolute atomic E-state index is 11.2. The SMILES string of the molecule is COC(=O)C1=CC(Cl)=CC(N)C1Cl. The van der Waals surface area contributed by atoms with Crippen molar-refractivity contribution in [3.63, 3.8) is 0 Å². The lowest BCUT2D eigenvalue weighted by molar-refractivity contribution is -0.136. The fourth-order valence-electron chi connectivity index (χ4n) is 1.04. The Morgan fingerprint density at radius 1 is 1.69 bits per heavy atom. The third-order valence-electron chi connectivity index (χ3n) is 1.70. The Labute approximate surface area is 86.1 Å². The summed E-state index contributed by atoms with van der Waals surface area (Å²) in [4.78, 5) is 11.2. The van der Waals surface area contributed by atoms with Gasteiger partial charge in [0.25, 0.3) is 0 Å². The zero-order chi connectivity index (χ0) is 10.0. The van der Waals surface area contributed by atoms with Gasteiger partial charge in [-0.05, 0) is 12.2 Å². The Morgan fingerprint density at radius 2 is 2.31 bits per heavy atom. The molecule has 1 aliphatic rings. The molecule has 2 unspecified atom stereocenters. The number of nitrogens with two attached hydrogens (primary N) is 1. The number of methoxy groups -OCH3 is 1. The quantitative estimate of drug-likeness (QED) is 0.535. The van der Waals surface area contributed by atoms with E-state index in [4.69, 9.17) is 28.9 Å². The summed E-state index contributed by atoms with van der Waals surface area (Å²) in [6.45, 7) is 0. The fraction of sp³-hybridized carbons (Fsp3) is 0.375. The molecular formula is C8H9Cl2NO2. The summed E-state index contributed by atoms with van der Waals surface area (Å²) >= 11 is 11.6. The topological polar surface area (TPSA) is 52.3 Å². The Hall–Kier alpha value is -0.510.